The van der Waals surface area contributed by atoms with E-state index in [-0.39, 0.29) is 6.42 Å². The first kappa shape index (κ1) is 39.0. The molecule has 16 nitrogen and oxygen atoms in total. The Hall–Kier alpha value is -5.22. The van der Waals surface area contributed by atoms with Crippen LogP contribution in [-0.4, -0.2) is 88.3 Å². The Labute approximate surface area is 277 Å². The van der Waals surface area contributed by atoms with Gasteiger partial charge in [0.2, 0.25) is 29.5 Å². The van der Waals surface area contributed by atoms with Crippen LogP contribution in [0.3, 0.4) is 0 Å². The summed E-state index contributed by atoms with van der Waals surface area (Å²) in [6.45, 7) is 5.35. The van der Waals surface area contributed by atoms with E-state index in [1.54, 1.807) is 45.0 Å². The lowest BCUT2D eigenvalue weighted by atomic mass is 10.0. The maximum absolute atomic E-state index is 13.1. The Bertz CT molecular complexity index is 1410. The molecule has 10 N–H and O–H groups in total. The van der Waals surface area contributed by atoms with Crippen molar-refractivity contribution in [1.29, 1.82) is 0 Å². The van der Waals surface area contributed by atoms with Gasteiger partial charge in [-0.05, 0) is 51.0 Å². The average molecular weight is 673 g/mol. The zero-order chi connectivity index (χ0) is 36.0. The van der Waals surface area contributed by atoms with Crippen molar-refractivity contribution in [2.45, 2.75) is 83.0 Å². The minimum atomic E-state index is -1.69. The maximum Gasteiger partial charge on any atom is 0.408 e. The molecule has 0 aliphatic rings. The van der Waals surface area contributed by atoms with Crippen LogP contribution in [0.2, 0.25) is 0 Å². The normalized spacial score (nSPS) is 14.2. The van der Waals surface area contributed by atoms with E-state index in [2.05, 4.69) is 21.3 Å². The zero-order valence-electron chi connectivity index (χ0n) is 27.2. The van der Waals surface area contributed by atoms with E-state index >= 15 is 0 Å². The molecule has 6 amide bonds. The molecule has 0 aliphatic carbocycles. The summed E-state index contributed by atoms with van der Waals surface area (Å²) in [5.74, 6) is -4.51. The molecule has 0 heterocycles. The molecule has 16 heteroatoms. The molecule has 0 aliphatic heterocycles. The second kappa shape index (κ2) is 18.2. The van der Waals surface area contributed by atoms with Gasteiger partial charge in [-0.25, -0.2) is 4.79 Å². The molecule has 0 spiro atoms. The first-order valence-electron chi connectivity index (χ1n) is 15.0. The van der Waals surface area contributed by atoms with Crippen LogP contribution in [0.25, 0.3) is 0 Å². The van der Waals surface area contributed by atoms with Gasteiger partial charge in [0.05, 0.1) is 19.1 Å². The molecule has 0 radical (unpaired) electrons. The first-order valence-corrected chi connectivity index (χ1v) is 15.0. The van der Waals surface area contributed by atoms with Crippen LogP contribution < -0.4 is 37.5 Å². The summed E-state index contributed by atoms with van der Waals surface area (Å²) < 4.78 is 10.8. The van der Waals surface area contributed by atoms with Gasteiger partial charge in [-0.2, -0.15) is 0 Å². The summed E-state index contributed by atoms with van der Waals surface area (Å²) in [6.07, 6.45) is -3.27. The predicted molar refractivity (Wildman–Crippen MR) is 172 cm³/mol. The highest BCUT2D eigenvalue weighted by Gasteiger charge is 2.34. The molecule has 48 heavy (non-hydrogen) atoms. The van der Waals surface area contributed by atoms with Gasteiger partial charge in [-0.1, -0.05) is 42.5 Å². The van der Waals surface area contributed by atoms with Crippen LogP contribution in [0, 0.1) is 0 Å². The molecule has 0 saturated carbocycles. The van der Waals surface area contributed by atoms with E-state index in [0.717, 1.165) is 5.56 Å². The molecule has 0 bridgehead atoms. The average Bonchev–Trinajstić information content (AvgIpc) is 3.00. The van der Waals surface area contributed by atoms with Gasteiger partial charge >= 0.3 is 6.09 Å². The fraction of sp³-hybridized carbons (Fsp3) is 0.438. The standard InChI is InChI=1S/C32H44N6O10/c1-18(40)26(38-31(46)48-32(2,3)4)30(45)36-23(15-25(33)41)28(43)37-24(16-39)29(44)35-22(27(34)42)14-19-10-12-21(13-11-19)47-17-20-8-6-5-7-9-20/h5-13,18,22-24,26,39-40H,14-17H2,1-4H3,(H2,33,41)(H2,34,42)(H,35,44)(H,36,45)(H,37,43)(H,38,46). The molecule has 5 unspecified atom stereocenters. The number of ether oxygens (including phenoxy) is 2. The Kier molecular flexibility index (Phi) is 14.8. The van der Waals surface area contributed by atoms with E-state index in [4.69, 9.17) is 20.9 Å². The molecule has 0 saturated heterocycles. The lowest BCUT2D eigenvalue weighted by Gasteiger charge is -2.27. The Morgan fingerprint density at radius 2 is 1.33 bits per heavy atom. The number of amides is 6. The Morgan fingerprint density at radius 1 is 0.771 bits per heavy atom. The lowest BCUT2D eigenvalue weighted by Crippen LogP contribution is -2.60. The van der Waals surface area contributed by atoms with Gasteiger partial charge in [0.25, 0.3) is 0 Å². The second-order valence-corrected chi connectivity index (χ2v) is 11.9. The number of carbonyl (C=O) groups is 6. The van der Waals surface area contributed by atoms with Crippen LogP contribution in [0.4, 0.5) is 4.79 Å². The van der Waals surface area contributed by atoms with Crippen molar-refractivity contribution in [1.82, 2.24) is 21.3 Å². The third kappa shape index (κ3) is 13.6. The summed E-state index contributed by atoms with van der Waals surface area (Å²) >= 11 is 0. The van der Waals surface area contributed by atoms with E-state index in [9.17, 15) is 39.0 Å². The van der Waals surface area contributed by atoms with Crippen molar-refractivity contribution >= 4 is 35.6 Å². The van der Waals surface area contributed by atoms with E-state index in [1.807, 2.05) is 30.3 Å². The highest BCUT2D eigenvalue weighted by atomic mass is 16.6. The molecular weight excluding hydrogens is 628 g/mol. The fourth-order valence-electron chi connectivity index (χ4n) is 4.17. The number of nitrogens with one attached hydrogen (secondary N) is 4. The largest absolute Gasteiger partial charge is 0.489 e. The monoisotopic (exact) mass is 672 g/mol. The summed E-state index contributed by atoms with van der Waals surface area (Å²) in [5, 5.41) is 28.9. The molecule has 0 fully saturated rings. The summed E-state index contributed by atoms with van der Waals surface area (Å²) in [4.78, 5) is 75.1. The summed E-state index contributed by atoms with van der Waals surface area (Å²) in [6, 6.07) is 10.1. The van der Waals surface area contributed by atoms with Crippen LogP contribution in [0.1, 0.15) is 45.2 Å². The molecule has 5 atom stereocenters. The summed E-state index contributed by atoms with van der Waals surface area (Å²) in [5.41, 5.74) is 11.4. The number of benzene rings is 2. The highest BCUT2D eigenvalue weighted by Crippen LogP contribution is 2.16. The van der Waals surface area contributed by atoms with Gasteiger partial charge < -0.3 is 52.4 Å². The topological polar surface area (TPSA) is 262 Å². The number of alkyl carbamates (subject to hydrolysis) is 1. The third-order valence-corrected chi connectivity index (χ3v) is 6.56. The number of aliphatic hydroxyl groups excluding tert-OH is 2. The molecule has 2 aromatic rings. The van der Waals surface area contributed by atoms with E-state index in [1.165, 1.54) is 6.92 Å². The maximum atomic E-state index is 13.1. The fourth-order valence-corrected chi connectivity index (χ4v) is 4.17. The van der Waals surface area contributed by atoms with Gasteiger partial charge in [-0.15, -0.1) is 0 Å². The van der Waals surface area contributed by atoms with Crippen molar-refractivity contribution in [3.63, 3.8) is 0 Å². The smallest absolute Gasteiger partial charge is 0.408 e. The van der Waals surface area contributed by atoms with Crippen molar-refractivity contribution in [3.05, 3.63) is 65.7 Å². The number of primary amides is 2. The number of hydrogen-bond donors (Lipinski definition) is 8. The van der Waals surface area contributed by atoms with Gasteiger partial charge in [0, 0.05) is 6.42 Å². The lowest BCUT2D eigenvalue weighted by molar-refractivity contribution is -0.135. The molecule has 0 aromatic heterocycles. The van der Waals surface area contributed by atoms with Crippen molar-refractivity contribution in [3.8, 4) is 5.75 Å². The molecule has 262 valence electrons. The number of aliphatic hydroxyl groups is 2. The Morgan fingerprint density at radius 3 is 1.85 bits per heavy atom. The predicted octanol–water partition coefficient (Wildman–Crippen LogP) is -1.11. The van der Waals surface area contributed by atoms with E-state index in [0.29, 0.717) is 17.9 Å². The van der Waals surface area contributed by atoms with Crippen LogP contribution in [-0.2, 0) is 41.7 Å². The van der Waals surface area contributed by atoms with Crippen molar-refractivity contribution in [2.75, 3.05) is 6.61 Å². The third-order valence-electron chi connectivity index (χ3n) is 6.56. The number of nitrogens with two attached hydrogens (primary N) is 2. The highest BCUT2D eigenvalue weighted by molar-refractivity contribution is 5.97. The van der Waals surface area contributed by atoms with Gasteiger partial charge in [-0.3, -0.25) is 24.0 Å². The van der Waals surface area contributed by atoms with Gasteiger partial charge in [0.15, 0.2) is 0 Å². The minimum Gasteiger partial charge on any atom is -0.489 e. The molecule has 2 rings (SSSR count). The summed E-state index contributed by atoms with van der Waals surface area (Å²) in [7, 11) is 0. The van der Waals surface area contributed by atoms with Gasteiger partial charge in [0.1, 0.15) is 42.1 Å². The molecule has 2 aromatic carbocycles. The van der Waals surface area contributed by atoms with Crippen LogP contribution >= 0.6 is 0 Å². The minimum absolute atomic E-state index is 0.0299. The zero-order valence-corrected chi connectivity index (χ0v) is 27.2. The number of rotatable bonds is 17. The SMILES string of the molecule is CC(O)C(NC(=O)OC(C)(C)C)C(=O)NC(CC(N)=O)C(=O)NC(CO)C(=O)NC(Cc1ccc(OCc2ccccc2)cc1)C(N)=O. The van der Waals surface area contributed by atoms with Crippen LogP contribution in [0.15, 0.2) is 54.6 Å². The number of hydrogen-bond acceptors (Lipinski definition) is 10. The Balaban J connectivity index is 2.06. The quantitative estimate of drug-likeness (QED) is 0.100. The molecular formula is C32H44N6O10. The number of carbonyl (C=O) groups excluding carboxylic acids is 6. The van der Waals surface area contributed by atoms with Crippen LogP contribution in [0.5, 0.6) is 5.75 Å². The van der Waals surface area contributed by atoms with E-state index < -0.39 is 84.5 Å². The second-order valence-electron chi connectivity index (χ2n) is 11.9. The van der Waals surface area contributed by atoms with Crippen molar-refractivity contribution in [2.24, 2.45) is 11.5 Å². The van der Waals surface area contributed by atoms with Crippen molar-refractivity contribution < 1.29 is 48.5 Å². The first-order chi connectivity index (χ1) is 22.5.